The van der Waals surface area contributed by atoms with Crippen LogP contribution in [0.1, 0.15) is 20.3 Å². The molecule has 0 spiro atoms. The minimum Gasteiger partial charge on any atom is -0.368 e. The maximum atomic E-state index is 8.81. The molecular formula is C6H14O2. The number of hydrogen-bond donors (Lipinski definition) is 1. The lowest BCUT2D eigenvalue weighted by atomic mass is 10.1. The molecule has 1 N–H and O–H groups in total. The van der Waals surface area contributed by atoms with Gasteiger partial charge in [-0.15, -0.1) is 0 Å². The third-order valence-electron chi connectivity index (χ3n) is 0.945. The maximum Gasteiger partial charge on any atom is 0.154 e. The van der Waals surface area contributed by atoms with E-state index in [9.17, 15) is 0 Å². The van der Waals surface area contributed by atoms with Crippen LogP contribution in [0.4, 0.5) is 0 Å². The minimum absolute atomic E-state index is 0.505. The van der Waals surface area contributed by atoms with E-state index >= 15 is 0 Å². The summed E-state index contributed by atoms with van der Waals surface area (Å²) in [6.45, 7) is 4.09. The third-order valence-corrected chi connectivity index (χ3v) is 0.945. The molecular weight excluding hydrogens is 104 g/mol. The summed E-state index contributed by atoms with van der Waals surface area (Å²) in [5.74, 6) is 0.505. The zero-order valence-electron chi connectivity index (χ0n) is 5.72. The Morgan fingerprint density at radius 3 is 2.12 bits per heavy atom. The predicted octanol–water partition coefficient (Wildman–Crippen LogP) is 0.997. The average Bonchev–Trinajstić information content (AvgIpc) is 1.65. The van der Waals surface area contributed by atoms with Crippen molar-refractivity contribution < 1.29 is 9.84 Å². The number of hydrogen-bond acceptors (Lipinski definition) is 2. The lowest BCUT2D eigenvalue weighted by Gasteiger charge is -2.09. The van der Waals surface area contributed by atoms with Crippen LogP contribution in [0.3, 0.4) is 0 Å². The van der Waals surface area contributed by atoms with Crippen molar-refractivity contribution in [1.82, 2.24) is 0 Å². The van der Waals surface area contributed by atoms with Gasteiger partial charge in [0.05, 0.1) is 0 Å². The van der Waals surface area contributed by atoms with Gasteiger partial charge in [-0.3, -0.25) is 0 Å². The van der Waals surface area contributed by atoms with Crippen molar-refractivity contribution in [3.63, 3.8) is 0 Å². The first kappa shape index (κ1) is 7.92. The first-order valence-corrected chi connectivity index (χ1v) is 2.87. The van der Waals surface area contributed by atoms with Crippen molar-refractivity contribution in [3.05, 3.63) is 0 Å². The Balaban J connectivity index is 3.10. The van der Waals surface area contributed by atoms with E-state index in [2.05, 4.69) is 4.74 Å². The SMILES string of the molecule is COC(O)CC(C)C. The largest absolute Gasteiger partial charge is 0.368 e. The number of aliphatic hydroxyl groups is 1. The van der Waals surface area contributed by atoms with Gasteiger partial charge in [0.15, 0.2) is 6.29 Å². The van der Waals surface area contributed by atoms with E-state index in [-0.39, 0.29) is 0 Å². The van der Waals surface area contributed by atoms with Crippen LogP contribution in [0.5, 0.6) is 0 Å². The van der Waals surface area contributed by atoms with Crippen LogP contribution < -0.4 is 0 Å². The fourth-order valence-corrected chi connectivity index (χ4v) is 0.499. The Kier molecular flexibility index (Phi) is 3.83. The third kappa shape index (κ3) is 4.09. The monoisotopic (exact) mass is 118 g/mol. The van der Waals surface area contributed by atoms with Gasteiger partial charge in [-0.2, -0.15) is 0 Å². The molecule has 8 heavy (non-hydrogen) atoms. The molecule has 0 aromatic rings. The molecule has 0 aromatic heterocycles. The molecule has 0 rings (SSSR count). The Labute approximate surface area is 50.5 Å². The van der Waals surface area contributed by atoms with Crippen LogP contribution >= 0.6 is 0 Å². The zero-order valence-corrected chi connectivity index (χ0v) is 5.72. The van der Waals surface area contributed by atoms with E-state index in [1.807, 2.05) is 13.8 Å². The molecule has 0 fully saturated rings. The molecule has 0 bridgehead atoms. The van der Waals surface area contributed by atoms with Gasteiger partial charge in [-0.25, -0.2) is 0 Å². The van der Waals surface area contributed by atoms with Crippen LogP contribution in [-0.4, -0.2) is 18.5 Å². The molecule has 0 heterocycles. The summed E-state index contributed by atoms with van der Waals surface area (Å²) in [7, 11) is 1.51. The molecule has 0 aliphatic rings. The lowest BCUT2D eigenvalue weighted by molar-refractivity contribution is -0.0848. The molecule has 0 radical (unpaired) electrons. The average molecular weight is 118 g/mol. The van der Waals surface area contributed by atoms with Crippen molar-refractivity contribution in [2.45, 2.75) is 26.6 Å². The second-order valence-electron chi connectivity index (χ2n) is 2.32. The smallest absolute Gasteiger partial charge is 0.154 e. The van der Waals surface area contributed by atoms with E-state index in [1.165, 1.54) is 7.11 Å². The Morgan fingerprint density at radius 1 is 1.50 bits per heavy atom. The van der Waals surface area contributed by atoms with Crippen molar-refractivity contribution in [2.75, 3.05) is 7.11 Å². The van der Waals surface area contributed by atoms with Crippen LogP contribution in [-0.2, 0) is 4.74 Å². The molecule has 2 nitrogen and oxygen atoms in total. The normalized spacial score (nSPS) is 14.6. The van der Waals surface area contributed by atoms with E-state index in [4.69, 9.17) is 5.11 Å². The fraction of sp³-hybridized carbons (Fsp3) is 1.00. The fourth-order valence-electron chi connectivity index (χ4n) is 0.499. The number of ether oxygens (including phenoxy) is 1. The van der Waals surface area contributed by atoms with Gasteiger partial charge < -0.3 is 9.84 Å². The highest BCUT2D eigenvalue weighted by Crippen LogP contribution is 2.03. The molecule has 50 valence electrons. The van der Waals surface area contributed by atoms with Crippen molar-refractivity contribution >= 4 is 0 Å². The summed E-state index contributed by atoms with van der Waals surface area (Å²) >= 11 is 0. The van der Waals surface area contributed by atoms with Crippen molar-refractivity contribution in [1.29, 1.82) is 0 Å². The van der Waals surface area contributed by atoms with Crippen LogP contribution in [0.25, 0.3) is 0 Å². The second-order valence-corrected chi connectivity index (χ2v) is 2.32. The summed E-state index contributed by atoms with van der Waals surface area (Å²) in [5.41, 5.74) is 0. The Bertz CT molecular complexity index is 52.5. The summed E-state index contributed by atoms with van der Waals surface area (Å²) in [6.07, 6.45) is 0.145. The zero-order chi connectivity index (χ0) is 6.57. The lowest BCUT2D eigenvalue weighted by Crippen LogP contribution is -2.11. The van der Waals surface area contributed by atoms with Gasteiger partial charge in [0.2, 0.25) is 0 Å². The van der Waals surface area contributed by atoms with E-state index in [0.717, 1.165) is 6.42 Å². The maximum absolute atomic E-state index is 8.81. The molecule has 0 amide bonds. The summed E-state index contributed by atoms with van der Waals surface area (Å²) in [5, 5.41) is 8.81. The topological polar surface area (TPSA) is 29.5 Å². The molecule has 0 aromatic carbocycles. The standard InChI is InChI=1S/C6H14O2/c1-5(2)4-6(7)8-3/h5-7H,4H2,1-3H3. The number of methoxy groups -OCH3 is 1. The summed E-state index contributed by atoms with van der Waals surface area (Å²) < 4.78 is 4.62. The minimum atomic E-state index is -0.574. The van der Waals surface area contributed by atoms with Crippen molar-refractivity contribution in [2.24, 2.45) is 5.92 Å². The Morgan fingerprint density at radius 2 is 2.00 bits per heavy atom. The van der Waals surface area contributed by atoms with Gasteiger partial charge in [-0.1, -0.05) is 13.8 Å². The molecule has 0 saturated carbocycles. The van der Waals surface area contributed by atoms with Gasteiger partial charge in [-0.05, 0) is 5.92 Å². The first-order valence-electron chi connectivity index (χ1n) is 2.87. The molecule has 1 atom stereocenters. The van der Waals surface area contributed by atoms with Crippen LogP contribution in [0, 0.1) is 5.92 Å². The second kappa shape index (κ2) is 3.87. The van der Waals surface area contributed by atoms with Gasteiger partial charge in [0.1, 0.15) is 0 Å². The summed E-state index contributed by atoms with van der Waals surface area (Å²) in [6, 6.07) is 0. The van der Waals surface area contributed by atoms with Gasteiger partial charge in [0, 0.05) is 13.5 Å². The first-order chi connectivity index (χ1) is 3.66. The highest BCUT2D eigenvalue weighted by atomic mass is 16.6. The highest BCUT2D eigenvalue weighted by Gasteiger charge is 2.02. The van der Waals surface area contributed by atoms with E-state index in [0.29, 0.717) is 5.92 Å². The van der Waals surface area contributed by atoms with E-state index < -0.39 is 6.29 Å². The van der Waals surface area contributed by atoms with Crippen molar-refractivity contribution in [3.8, 4) is 0 Å². The van der Waals surface area contributed by atoms with E-state index in [1.54, 1.807) is 0 Å². The molecule has 0 aliphatic heterocycles. The molecule has 0 aliphatic carbocycles. The predicted molar refractivity (Wildman–Crippen MR) is 32.5 cm³/mol. The molecule has 1 unspecified atom stereocenters. The summed E-state index contributed by atoms with van der Waals surface area (Å²) in [4.78, 5) is 0. The molecule has 2 heteroatoms. The molecule has 0 saturated heterocycles. The number of aliphatic hydroxyl groups excluding tert-OH is 1. The highest BCUT2D eigenvalue weighted by molar-refractivity contribution is 4.45. The van der Waals surface area contributed by atoms with Gasteiger partial charge >= 0.3 is 0 Å². The van der Waals surface area contributed by atoms with Crippen LogP contribution in [0.2, 0.25) is 0 Å². The Hall–Kier alpha value is -0.0800. The quantitative estimate of drug-likeness (QED) is 0.560. The van der Waals surface area contributed by atoms with Crippen LogP contribution in [0.15, 0.2) is 0 Å². The number of rotatable bonds is 3. The van der Waals surface area contributed by atoms with Gasteiger partial charge in [0.25, 0.3) is 0 Å².